The second kappa shape index (κ2) is 6.10. The van der Waals surface area contributed by atoms with Crippen molar-refractivity contribution in [2.45, 2.75) is 17.2 Å². The fourth-order valence-electron chi connectivity index (χ4n) is 1.87. The summed E-state index contributed by atoms with van der Waals surface area (Å²) in [4.78, 5) is 11.7. The number of sulfonamides is 1. The molecule has 1 atom stereocenters. The highest BCUT2D eigenvalue weighted by Crippen LogP contribution is 2.33. The molecule has 1 fully saturated rings. The summed E-state index contributed by atoms with van der Waals surface area (Å²) in [5.41, 5.74) is 0.844. The normalized spacial score (nSPS) is 20.9. The Morgan fingerprint density at radius 3 is 2.85 bits per heavy atom. The van der Waals surface area contributed by atoms with Gasteiger partial charge < -0.3 is 9.47 Å². The number of hydrogen-bond donors (Lipinski definition) is 0. The quantitative estimate of drug-likeness (QED) is 0.737. The van der Waals surface area contributed by atoms with E-state index in [1.807, 2.05) is 6.92 Å². The van der Waals surface area contributed by atoms with Crippen LogP contribution in [0.3, 0.4) is 0 Å². The molecule has 0 aliphatic carbocycles. The number of carbonyl (C=O) groups is 1. The van der Waals surface area contributed by atoms with E-state index < -0.39 is 22.0 Å². The highest BCUT2D eigenvalue weighted by Gasteiger charge is 2.39. The lowest BCUT2D eigenvalue weighted by Crippen LogP contribution is -2.52. The van der Waals surface area contributed by atoms with Crippen LogP contribution in [0.2, 0.25) is 0 Å². The maximum Gasteiger partial charge on any atom is 0.326 e. The highest BCUT2D eigenvalue weighted by atomic mass is 79.9. The van der Waals surface area contributed by atoms with Gasteiger partial charge in [0.2, 0.25) is 0 Å². The van der Waals surface area contributed by atoms with E-state index in [0.29, 0.717) is 0 Å². The molecule has 0 radical (unpaired) electrons. The van der Waals surface area contributed by atoms with Crippen molar-refractivity contribution in [3.8, 4) is 0 Å². The van der Waals surface area contributed by atoms with Crippen LogP contribution < -0.4 is 0 Å². The molecular formula is C11H14BrNO5S2. The van der Waals surface area contributed by atoms with Gasteiger partial charge in [-0.2, -0.15) is 4.31 Å². The zero-order valence-corrected chi connectivity index (χ0v) is 14.2. The average Bonchev–Trinajstić information content (AvgIpc) is 2.78. The van der Waals surface area contributed by atoms with Crippen LogP contribution in [0, 0.1) is 6.92 Å². The molecular weight excluding hydrogens is 370 g/mol. The SMILES string of the molecule is COC(=O)C1COCCN1S(=O)(=O)c1cc(C)c(Br)s1. The fourth-order valence-corrected chi connectivity index (χ4v) is 5.78. The summed E-state index contributed by atoms with van der Waals surface area (Å²) in [5, 5.41) is 0. The highest BCUT2D eigenvalue weighted by molar-refractivity contribution is 9.11. The molecule has 1 aliphatic rings. The maximum atomic E-state index is 12.6. The molecule has 1 unspecified atom stereocenters. The van der Waals surface area contributed by atoms with Gasteiger partial charge in [-0.3, -0.25) is 4.79 Å². The first-order valence-corrected chi connectivity index (χ1v) is 8.86. The van der Waals surface area contributed by atoms with Crippen LogP contribution in [0.5, 0.6) is 0 Å². The van der Waals surface area contributed by atoms with Gasteiger partial charge in [0, 0.05) is 6.54 Å². The van der Waals surface area contributed by atoms with Gasteiger partial charge in [-0.15, -0.1) is 11.3 Å². The van der Waals surface area contributed by atoms with E-state index in [1.165, 1.54) is 7.11 Å². The minimum atomic E-state index is -3.73. The van der Waals surface area contributed by atoms with E-state index in [9.17, 15) is 13.2 Å². The molecule has 0 bridgehead atoms. The molecule has 0 aromatic carbocycles. The number of aryl methyl sites for hydroxylation is 1. The summed E-state index contributed by atoms with van der Waals surface area (Å²) in [6.07, 6.45) is 0. The summed E-state index contributed by atoms with van der Waals surface area (Å²) in [7, 11) is -2.50. The molecule has 2 heterocycles. The molecule has 0 N–H and O–H groups in total. The zero-order chi connectivity index (χ0) is 14.9. The predicted octanol–water partition coefficient (Wildman–Crippen LogP) is 1.38. The smallest absolute Gasteiger partial charge is 0.326 e. The lowest BCUT2D eigenvalue weighted by Gasteiger charge is -2.32. The molecule has 1 aromatic rings. The molecule has 1 saturated heterocycles. The molecule has 1 aromatic heterocycles. The third-order valence-corrected chi connectivity index (χ3v) is 7.44. The van der Waals surface area contributed by atoms with Crippen molar-refractivity contribution in [2.24, 2.45) is 0 Å². The average molecular weight is 384 g/mol. The third-order valence-electron chi connectivity index (χ3n) is 2.95. The molecule has 1 aliphatic heterocycles. The number of carbonyl (C=O) groups excluding carboxylic acids is 1. The van der Waals surface area contributed by atoms with Crippen molar-refractivity contribution in [3.05, 3.63) is 15.4 Å². The van der Waals surface area contributed by atoms with Crippen molar-refractivity contribution in [1.29, 1.82) is 0 Å². The maximum absolute atomic E-state index is 12.6. The Balaban J connectivity index is 2.37. The van der Waals surface area contributed by atoms with Crippen LogP contribution in [0.4, 0.5) is 0 Å². The first-order valence-electron chi connectivity index (χ1n) is 5.81. The van der Waals surface area contributed by atoms with Crippen molar-refractivity contribution in [2.75, 3.05) is 26.9 Å². The van der Waals surface area contributed by atoms with E-state index in [4.69, 9.17) is 4.74 Å². The summed E-state index contributed by atoms with van der Waals surface area (Å²) in [6, 6.07) is 0.661. The molecule has 20 heavy (non-hydrogen) atoms. The van der Waals surface area contributed by atoms with Gasteiger partial charge in [0.1, 0.15) is 10.3 Å². The van der Waals surface area contributed by atoms with Gasteiger partial charge >= 0.3 is 5.97 Å². The first-order chi connectivity index (χ1) is 9.37. The number of rotatable bonds is 3. The molecule has 6 nitrogen and oxygen atoms in total. The fraction of sp³-hybridized carbons (Fsp3) is 0.545. The number of halogens is 1. The van der Waals surface area contributed by atoms with Crippen molar-refractivity contribution >= 4 is 43.3 Å². The standard InChI is InChI=1S/C11H14BrNO5S2/c1-7-5-9(19-10(7)12)20(15,16)13-3-4-18-6-8(13)11(14)17-2/h5,8H,3-4,6H2,1-2H3. The molecule has 0 spiro atoms. The summed E-state index contributed by atoms with van der Waals surface area (Å²) < 4.78 is 37.2. The van der Waals surface area contributed by atoms with Gasteiger partial charge in [0.05, 0.1) is 24.1 Å². The van der Waals surface area contributed by atoms with E-state index in [-0.39, 0.29) is 24.0 Å². The zero-order valence-electron chi connectivity index (χ0n) is 11.0. The minimum Gasteiger partial charge on any atom is -0.468 e. The number of methoxy groups -OCH3 is 1. The number of thiophene rings is 1. The molecule has 112 valence electrons. The third kappa shape index (κ3) is 2.91. The van der Waals surface area contributed by atoms with Crippen LogP contribution in [0.25, 0.3) is 0 Å². The van der Waals surface area contributed by atoms with Crippen molar-refractivity contribution < 1.29 is 22.7 Å². The summed E-state index contributed by atoms with van der Waals surface area (Å²) in [6.45, 7) is 2.23. The number of morpholine rings is 1. The number of hydrogen-bond acceptors (Lipinski definition) is 6. The molecule has 2 rings (SSSR count). The van der Waals surface area contributed by atoms with Crippen LogP contribution in [0.15, 0.2) is 14.1 Å². The van der Waals surface area contributed by atoms with E-state index in [0.717, 1.165) is 25.0 Å². The molecule has 0 amide bonds. The molecule has 0 saturated carbocycles. The lowest BCUT2D eigenvalue weighted by atomic mass is 10.3. The van der Waals surface area contributed by atoms with Crippen molar-refractivity contribution in [3.63, 3.8) is 0 Å². The van der Waals surface area contributed by atoms with Gasteiger partial charge in [-0.1, -0.05) is 0 Å². The van der Waals surface area contributed by atoms with Gasteiger partial charge in [-0.25, -0.2) is 8.42 Å². The number of esters is 1. The van der Waals surface area contributed by atoms with Gasteiger partial charge in [0.15, 0.2) is 0 Å². The Bertz CT molecular complexity index is 593. The van der Waals surface area contributed by atoms with E-state index >= 15 is 0 Å². The number of ether oxygens (including phenoxy) is 2. The van der Waals surface area contributed by atoms with Crippen LogP contribution >= 0.6 is 27.3 Å². The number of nitrogens with zero attached hydrogens (tertiary/aromatic N) is 1. The second-order valence-electron chi connectivity index (χ2n) is 4.25. The monoisotopic (exact) mass is 383 g/mol. The van der Waals surface area contributed by atoms with Crippen LogP contribution in [-0.2, 0) is 24.3 Å². The predicted molar refractivity (Wildman–Crippen MR) is 77.3 cm³/mol. The van der Waals surface area contributed by atoms with Crippen LogP contribution in [-0.4, -0.2) is 51.6 Å². The topological polar surface area (TPSA) is 72.9 Å². The largest absolute Gasteiger partial charge is 0.468 e. The second-order valence-corrected chi connectivity index (χ2v) is 8.74. The summed E-state index contributed by atoms with van der Waals surface area (Å²) in [5.74, 6) is -0.611. The van der Waals surface area contributed by atoms with Gasteiger partial charge in [-0.05, 0) is 34.5 Å². The first kappa shape index (κ1) is 15.9. The Morgan fingerprint density at radius 1 is 1.60 bits per heavy atom. The minimum absolute atomic E-state index is 0.0113. The Hall–Kier alpha value is -0.480. The summed E-state index contributed by atoms with van der Waals surface area (Å²) >= 11 is 4.44. The Labute approximate surface area is 129 Å². The molecule has 9 heteroatoms. The van der Waals surface area contributed by atoms with E-state index in [1.54, 1.807) is 6.07 Å². The lowest BCUT2D eigenvalue weighted by molar-refractivity contribution is -0.149. The van der Waals surface area contributed by atoms with Crippen LogP contribution in [0.1, 0.15) is 5.56 Å². The van der Waals surface area contributed by atoms with Gasteiger partial charge in [0.25, 0.3) is 10.0 Å². The Kier molecular flexibility index (Phi) is 4.85. The van der Waals surface area contributed by atoms with E-state index in [2.05, 4.69) is 20.7 Å². The Morgan fingerprint density at radius 2 is 2.30 bits per heavy atom. The van der Waals surface area contributed by atoms with Crippen molar-refractivity contribution in [1.82, 2.24) is 4.31 Å².